The molecule has 1 atom stereocenters. The van der Waals surface area contributed by atoms with Crippen molar-refractivity contribution >= 4 is 17.9 Å². The number of unbranched alkanes of at least 4 members (excludes halogenated alkanes) is 17. The Hall–Kier alpha value is -4.45. The zero-order chi connectivity index (χ0) is 51.4. The lowest BCUT2D eigenvalue weighted by molar-refractivity contribution is -0.167. The molecule has 0 saturated heterocycles. The van der Waals surface area contributed by atoms with Crippen LogP contribution in [-0.4, -0.2) is 37.2 Å². The normalized spacial score (nSPS) is 13.1. The monoisotopic (exact) mass is 981 g/mol. The molecule has 0 aromatic carbocycles. The number of hydrogen-bond acceptors (Lipinski definition) is 6. The van der Waals surface area contributed by atoms with E-state index in [4.69, 9.17) is 14.2 Å². The second-order valence-electron chi connectivity index (χ2n) is 18.5. The molecule has 0 aliphatic carbocycles. The number of carbonyl (C=O) groups excluding carboxylic acids is 3. The third-order valence-corrected chi connectivity index (χ3v) is 11.6. The first-order valence-electron chi connectivity index (χ1n) is 28.7. The summed E-state index contributed by atoms with van der Waals surface area (Å²) in [5, 5.41) is 0. The highest BCUT2D eigenvalue weighted by molar-refractivity contribution is 5.71. The largest absolute Gasteiger partial charge is 0.462 e. The van der Waals surface area contributed by atoms with Gasteiger partial charge in [0.25, 0.3) is 0 Å². The molecule has 0 rings (SSSR count). The highest BCUT2D eigenvalue weighted by atomic mass is 16.6. The van der Waals surface area contributed by atoms with Crippen LogP contribution in [0, 0.1) is 0 Å². The minimum atomic E-state index is -0.799. The van der Waals surface area contributed by atoms with Crippen molar-refractivity contribution in [3.05, 3.63) is 134 Å². The molecule has 6 heteroatoms. The molecular weight excluding hydrogens is 877 g/mol. The SMILES string of the molecule is CC/C=C\C/C=C\C/C=C\C/C=C\C/C=C\C/C=C\C/C=C\C/C=C\C/C=C\C/C=C\CCCCC(=O)OCC(COC(=O)CCCCCCC)OC(=O)CCCCCCC/C=C\CCCCCCCC. The average molecular weight is 982 g/mol. The molecule has 0 aliphatic rings. The third-order valence-electron chi connectivity index (χ3n) is 11.6. The summed E-state index contributed by atoms with van der Waals surface area (Å²) in [4.78, 5) is 37.7. The van der Waals surface area contributed by atoms with Gasteiger partial charge in [-0.05, 0) is 122 Å². The summed E-state index contributed by atoms with van der Waals surface area (Å²) in [5.74, 6) is -0.973. The van der Waals surface area contributed by atoms with Gasteiger partial charge in [0.2, 0.25) is 0 Å². The van der Waals surface area contributed by atoms with Crippen LogP contribution in [0.4, 0.5) is 0 Å². The van der Waals surface area contributed by atoms with E-state index in [9.17, 15) is 14.4 Å². The molecule has 1 unspecified atom stereocenters. The highest BCUT2D eigenvalue weighted by Gasteiger charge is 2.19. The minimum absolute atomic E-state index is 0.0988. The molecule has 0 heterocycles. The maximum absolute atomic E-state index is 12.7. The number of carbonyl (C=O) groups is 3. The van der Waals surface area contributed by atoms with Crippen LogP contribution < -0.4 is 0 Å². The maximum atomic E-state index is 12.7. The van der Waals surface area contributed by atoms with E-state index in [-0.39, 0.29) is 31.1 Å². The molecule has 0 radical (unpaired) electrons. The van der Waals surface area contributed by atoms with E-state index in [1.165, 1.54) is 51.4 Å². The van der Waals surface area contributed by atoms with Crippen LogP contribution in [0.3, 0.4) is 0 Å². The highest BCUT2D eigenvalue weighted by Crippen LogP contribution is 2.13. The van der Waals surface area contributed by atoms with E-state index in [1.54, 1.807) is 0 Å². The van der Waals surface area contributed by atoms with Crippen LogP contribution in [0.1, 0.15) is 239 Å². The predicted molar refractivity (Wildman–Crippen MR) is 306 cm³/mol. The summed E-state index contributed by atoms with van der Waals surface area (Å²) < 4.78 is 16.6. The zero-order valence-electron chi connectivity index (χ0n) is 45.7. The molecule has 6 nitrogen and oxygen atoms in total. The van der Waals surface area contributed by atoms with Gasteiger partial charge in [-0.2, -0.15) is 0 Å². The van der Waals surface area contributed by atoms with Crippen LogP contribution in [-0.2, 0) is 28.6 Å². The molecule has 0 aromatic rings. The van der Waals surface area contributed by atoms with Crippen LogP contribution in [0.2, 0.25) is 0 Å². The molecule has 0 saturated carbocycles. The van der Waals surface area contributed by atoms with Crippen molar-refractivity contribution < 1.29 is 28.6 Å². The van der Waals surface area contributed by atoms with Gasteiger partial charge in [-0.25, -0.2) is 0 Å². The van der Waals surface area contributed by atoms with Crippen LogP contribution >= 0.6 is 0 Å². The Bertz CT molecular complexity index is 1550. The van der Waals surface area contributed by atoms with E-state index in [1.807, 2.05) is 0 Å². The lowest BCUT2D eigenvalue weighted by Crippen LogP contribution is -2.30. The molecule has 0 aliphatic heterocycles. The predicted octanol–water partition coefficient (Wildman–Crippen LogP) is 19.4. The fraction of sp³-hybridized carbons (Fsp3) is 0.615. The molecule has 0 spiro atoms. The quantitative estimate of drug-likeness (QED) is 0.0262. The number of esters is 3. The Morgan fingerprint density at radius 3 is 0.901 bits per heavy atom. The molecule has 0 bridgehead atoms. The van der Waals surface area contributed by atoms with Crippen LogP contribution in [0.15, 0.2) is 134 Å². The molecule has 0 amide bonds. The van der Waals surface area contributed by atoms with Crippen molar-refractivity contribution in [2.24, 2.45) is 0 Å². The van der Waals surface area contributed by atoms with Crippen molar-refractivity contribution in [3.63, 3.8) is 0 Å². The third kappa shape index (κ3) is 56.3. The van der Waals surface area contributed by atoms with Gasteiger partial charge in [-0.3, -0.25) is 14.4 Å². The van der Waals surface area contributed by atoms with E-state index in [2.05, 4.69) is 154 Å². The van der Waals surface area contributed by atoms with Gasteiger partial charge in [0.05, 0.1) is 0 Å². The Kier molecular flexibility index (Phi) is 54.5. The van der Waals surface area contributed by atoms with Gasteiger partial charge < -0.3 is 14.2 Å². The van der Waals surface area contributed by atoms with E-state index >= 15 is 0 Å². The van der Waals surface area contributed by atoms with Gasteiger partial charge >= 0.3 is 17.9 Å². The van der Waals surface area contributed by atoms with Crippen molar-refractivity contribution in [1.82, 2.24) is 0 Å². The number of ether oxygens (including phenoxy) is 3. The first-order valence-corrected chi connectivity index (χ1v) is 28.7. The van der Waals surface area contributed by atoms with E-state index < -0.39 is 6.10 Å². The van der Waals surface area contributed by atoms with Crippen molar-refractivity contribution in [3.8, 4) is 0 Å². The lowest BCUT2D eigenvalue weighted by atomic mass is 10.1. The topological polar surface area (TPSA) is 78.9 Å². The van der Waals surface area contributed by atoms with E-state index in [0.29, 0.717) is 25.7 Å². The van der Waals surface area contributed by atoms with E-state index in [0.717, 1.165) is 141 Å². The molecule has 0 fully saturated rings. The molecular formula is C65H104O6. The first-order chi connectivity index (χ1) is 35.0. The van der Waals surface area contributed by atoms with Crippen molar-refractivity contribution in [1.29, 1.82) is 0 Å². The number of allylic oxidation sites excluding steroid dienone is 22. The summed E-state index contributed by atoms with van der Waals surface area (Å²) in [6.45, 7) is 6.37. The summed E-state index contributed by atoms with van der Waals surface area (Å²) in [6.07, 6.45) is 82.1. The Morgan fingerprint density at radius 1 is 0.296 bits per heavy atom. The first kappa shape index (κ1) is 66.6. The second kappa shape index (κ2) is 58.1. The summed E-state index contributed by atoms with van der Waals surface area (Å²) in [6, 6.07) is 0. The van der Waals surface area contributed by atoms with Gasteiger partial charge in [-0.1, -0.05) is 231 Å². The fourth-order valence-electron chi connectivity index (χ4n) is 7.35. The van der Waals surface area contributed by atoms with Crippen molar-refractivity contribution in [2.75, 3.05) is 13.2 Å². The molecule has 400 valence electrons. The van der Waals surface area contributed by atoms with Crippen LogP contribution in [0.5, 0.6) is 0 Å². The number of rotatable bonds is 50. The average Bonchev–Trinajstić information content (AvgIpc) is 3.37. The smallest absolute Gasteiger partial charge is 0.306 e. The summed E-state index contributed by atoms with van der Waals surface area (Å²) in [7, 11) is 0. The molecule has 0 N–H and O–H groups in total. The second-order valence-corrected chi connectivity index (χ2v) is 18.5. The maximum Gasteiger partial charge on any atom is 0.306 e. The Labute approximate surface area is 436 Å². The van der Waals surface area contributed by atoms with Crippen molar-refractivity contribution in [2.45, 2.75) is 245 Å². The standard InChI is InChI=1S/C65H104O6/c1-4-7-10-13-15-17-19-21-23-24-25-26-27-28-29-30-31-32-33-34-35-36-37-38-39-40-42-43-45-47-49-52-55-58-64(67)70-61-62(60-69-63(66)57-54-51-12-9-6-3)71-65(68)59-56-53-50-48-46-44-41-22-20-18-16-14-11-8-5-2/h7,10,15,17,21-23,25-26,28-29,31-32,34-35,37-38,40-42,45,47,62H,4-6,8-9,11-14,16,18-20,24,27,30,33,36,39,43-44,46,48-61H2,1-3H3/b10-7-,17-15-,23-21-,26-25-,29-28-,32-31-,35-34-,38-37-,41-22-,42-40-,47-45-. The summed E-state index contributed by atoms with van der Waals surface area (Å²) >= 11 is 0. The Morgan fingerprint density at radius 2 is 0.549 bits per heavy atom. The van der Waals surface area contributed by atoms with Gasteiger partial charge in [0, 0.05) is 19.3 Å². The molecule has 0 aromatic heterocycles. The zero-order valence-corrected chi connectivity index (χ0v) is 45.7. The number of hydrogen-bond donors (Lipinski definition) is 0. The van der Waals surface area contributed by atoms with Gasteiger partial charge in [-0.15, -0.1) is 0 Å². The van der Waals surface area contributed by atoms with Crippen LogP contribution in [0.25, 0.3) is 0 Å². The Balaban J connectivity index is 4.20. The summed E-state index contributed by atoms with van der Waals surface area (Å²) in [5.41, 5.74) is 0. The minimum Gasteiger partial charge on any atom is -0.462 e. The molecule has 71 heavy (non-hydrogen) atoms. The fourth-order valence-corrected chi connectivity index (χ4v) is 7.35. The van der Waals surface area contributed by atoms with Gasteiger partial charge in [0.1, 0.15) is 13.2 Å². The van der Waals surface area contributed by atoms with Gasteiger partial charge in [0.15, 0.2) is 6.10 Å². The lowest BCUT2D eigenvalue weighted by Gasteiger charge is -2.18.